The van der Waals surface area contributed by atoms with Crippen molar-refractivity contribution < 1.29 is 4.79 Å². The number of carbonyl (C=O) groups is 1. The van der Waals surface area contributed by atoms with Crippen molar-refractivity contribution in [2.24, 2.45) is 0 Å². The van der Waals surface area contributed by atoms with E-state index in [1.54, 1.807) is 0 Å². The summed E-state index contributed by atoms with van der Waals surface area (Å²) in [6, 6.07) is 0. The first-order chi connectivity index (χ1) is 3.79. The van der Waals surface area contributed by atoms with E-state index in [9.17, 15) is 4.79 Å². The van der Waals surface area contributed by atoms with E-state index >= 15 is 0 Å². The van der Waals surface area contributed by atoms with Crippen LogP contribution in [0.15, 0.2) is 0 Å². The van der Waals surface area contributed by atoms with Crippen LogP contribution in [0.2, 0.25) is 0 Å². The minimum Gasteiger partial charge on any atom is -0.458 e. The highest BCUT2D eigenvalue weighted by Crippen LogP contribution is 2.02. The SMILES string of the molecule is [CH2-]N1CCC(=O)CC1. The van der Waals surface area contributed by atoms with Gasteiger partial charge in [-0.1, -0.05) is 0 Å². The summed E-state index contributed by atoms with van der Waals surface area (Å²) in [4.78, 5) is 12.5. The molecule has 0 atom stereocenters. The molecule has 0 amide bonds. The maximum absolute atomic E-state index is 10.6. The topological polar surface area (TPSA) is 20.3 Å². The Kier molecular flexibility index (Phi) is 1.63. The Morgan fingerprint density at radius 2 is 1.88 bits per heavy atom. The van der Waals surface area contributed by atoms with Crippen molar-refractivity contribution in [1.29, 1.82) is 0 Å². The third-order valence-corrected chi connectivity index (χ3v) is 1.41. The molecule has 0 unspecified atom stereocenters. The molecule has 0 radical (unpaired) electrons. The molecule has 1 heterocycles. The van der Waals surface area contributed by atoms with Gasteiger partial charge in [0, 0.05) is 12.8 Å². The molecule has 1 aliphatic heterocycles. The summed E-state index contributed by atoms with van der Waals surface area (Å²) in [5, 5.41) is 0. The smallest absolute Gasteiger partial charge is 0.135 e. The minimum atomic E-state index is 0.380. The molecule has 0 aromatic carbocycles. The second-order valence-electron chi connectivity index (χ2n) is 2.16. The summed E-state index contributed by atoms with van der Waals surface area (Å²) < 4.78 is 0. The van der Waals surface area contributed by atoms with Gasteiger partial charge in [-0.05, 0) is 13.1 Å². The van der Waals surface area contributed by atoms with Crippen LogP contribution in [0.3, 0.4) is 0 Å². The van der Waals surface area contributed by atoms with Crippen LogP contribution in [0.5, 0.6) is 0 Å². The van der Waals surface area contributed by atoms with Crippen molar-refractivity contribution in [3.05, 3.63) is 7.05 Å². The molecule has 0 spiro atoms. The van der Waals surface area contributed by atoms with E-state index in [1.807, 2.05) is 4.90 Å². The number of hydrogen-bond donors (Lipinski definition) is 0. The molecule has 1 aliphatic rings. The van der Waals surface area contributed by atoms with Crippen LogP contribution in [0, 0.1) is 7.05 Å². The van der Waals surface area contributed by atoms with Crippen molar-refractivity contribution >= 4 is 5.78 Å². The van der Waals surface area contributed by atoms with Gasteiger partial charge in [-0.3, -0.25) is 11.8 Å². The summed E-state index contributed by atoms with van der Waals surface area (Å²) in [7, 11) is 3.71. The van der Waals surface area contributed by atoms with Gasteiger partial charge in [0.2, 0.25) is 0 Å². The molecular weight excluding hydrogens is 102 g/mol. The second-order valence-corrected chi connectivity index (χ2v) is 2.16. The van der Waals surface area contributed by atoms with E-state index in [-0.39, 0.29) is 0 Å². The highest BCUT2D eigenvalue weighted by atomic mass is 16.1. The minimum absolute atomic E-state index is 0.380. The molecule has 2 nitrogen and oxygen atoms in total. The zero-order valence-electron chi connectivity index (χ0n) is 4.89. The fourth-order valence-electron chi connectivity index (χ4n) is 0.802. The monoisotopic (exact) mass is 112 g/mol. The summed E-state index contributed by atoms with van der Waals surface area (Å²) in [6.45, 7) is 1.69. The van der Waals surface area contributed by atoms with Gasteiger partial charge < -0.3 is 4.90 Å². The van der Waals surface area contributed by atoms with E-state index in [0.717, 1.165) is 13.1 Å². The molecule has 0 N–H and O–H groups in total. The van der Waals surface area contributed by atoms with Crippen molar-refractivity contribution in [2.45, 2.75) is 12.8 Å². The Hall–Kier alpha value is -0.370. The number of hydrogen-bond acceptors (Lipinski definition) is 2. The highest BCUT2D eigenvalue weighted by Gasteiger charge is 2.07. The molecule has 0 aromatic rings. The molecule has 1 rings (SSSR count). The Bertz CT molecular complexity index is 90.7. The number of piperidine rings is 1. The van der Waals surface area contributed by atoms with Gasteiger partial charge in [-0.25, -0.2) is 0 Å². The Morgan fingerprint density at radius 1 is 1.38 bits per heavy atom. The predicted octanol–water partition coefficient (Wildman–Crippen LogP) is 0.443. The first-order valence-electron chi connectivity index (χ1n) is 2.86. The van der Waals surface area contributed by atoms with Gasteiger partial charge in [0.05, 0.1) is 0 Å². The van der Waals surface area contributed by atoms with Crippen molar-refractivity contribution in [3.8, 4) is 0 Å². The number of rotatable bonds is 0. The third-order valence-electron chi connectivity index (χ3n) is 1.41. The quantitative estimate of drug-likeness (QED) is 0.424. The van der Waals surface area contributed by atoms with Crippen LogP contribution < -0.4 is 0 Å². The van der Waals surface area contributed by atoms with E-state index < -0.39 is 0 Å². The van der Waals surface area contributed by atoms with Crippen LogP contribution in [0.4, 0.5) is 0 Å². The van der Waals surface area contributed by atoms with E-state index in [4.69, 9.17) is 0 Å². The van der Waals surface area contributed by atoms with E-state index in [1.165, 1.54) is 0 Å². The normalized spacial score (nSPS) is 23.9. The van der Waals surface area contributed by atoms with Crippen molar-refractivity contribution in [2.75, 3.05) is 13.1 Å². The Balaban J connectivity index is 2.29. The van der Waals surface area contributed by atoms with Crippen molar-refractivity contribution in [1.82, 2.24) is 4.90 Å². The molecule has 46 valence electrons. The molecule has 0 saturated carbocycles. The number of likely N-dealkylation sites (tertiary alicyclic amines) is 1. The Labute approximate surface area is 49.5 Å². The number of Topliss-reactive ketones (excluding diaryl/α,β-unsaturated/α-hetero) is 1. The maximum atomic E-state index is 10.6. The average Bonchev–Trinajstić information content (AvgIpc) is 1.77. The summed E-state index contributed by atoms with van der Waals surface area (Å²) >= 11 is 0. The molecule has 1 saturated heterocycles. The highest BCUT2D eigenvalue weighted by molar-refractivity contribution is 5.79. The van der Waals surface area contributed by atoms with Gasteiger partial charge in [0.25, 0.3) is 0 Å². The lowest BCUT2D eigenvalue weighted by atomic mass is 10.1. The Morgan fingerprint density at radius 3 is 2.25 bits per heavy atom. The molecule has 8 heavy (non-hydrogen) atoms. The van der Waals surface area contributed by atoms with Crippen LogP contribution in [0.1, 0.15) is 12.8 Å². The standard InChI is InChI=1S/C6H10NO/c1-7-4-2-6(8)3-5-7/h1-5H2/q-1. The maximum Gasteiger partial charge on any atom is 0.135 e. The zero-order chi connectivity index (χ0) is 5.98. The average molecular weight is 112 g/mol. The van der Waals surface area contributed by atoms with E-state index in [2.05, 4.69) is 7.05 Å². The molecule has 0 bridgehead atoms. The second kappa shape index (κ2) is 2.27. The van der Waals surface area contributed by atoms with Gasteiger partial charge in [0.15, 0.2) is 0 Å². The van der Waals surface area contributed by atoms with Crippen molar-refractivity contribution in [3.63, 3.8) is 0 Å². The summed E-state index contributed by atoms with van der Waals surface area (Å²) in [5.74, 6) is 0.380. The molecule has 2 heteroatoms. The summed E-state index contributed by atoms with van der Waals surface area (Å²) in [6.07, 6.45) is 1.40. The number of carbonyl (C=O) groups excluding carboxylic acids is 1. The zero-order valence-corrected chi connectivity index (χ0v) is 4.89. The number of ketones is 1. The first kappa shape index (κ1) is 5.76. The fourth-order valence-corrected chi connectivity index (χ4v) is 0.802. The lowest BCUT2D eigenvalue weighted by Gasteiger charge is -2.27. The van der Waals surface area contributed by atoms with E-state index in [0.29, 0.717) is 18.6 Å². The fraction of sp³-hybridized carbons (Fsp3) is 0.667. The van der Waals surface area contributed by atoms with Crippen LogP contribution in [-0.2, 0) is 4.79 Å². The third kappa shape index (κ3) is 1.30. The van der Waals surface area contributed by atoms with Gasteiger partial charge in [0.1, 0.15) is 5.78 Å². The van der Waals surface area contributed by atoms with Crippen LogP contribution >= 0.6 is 0 Å². The largest absolute Gasteiger partial charge is 0.458 e. The first-order valence-corrected chi connectivity index (χ1v) is 2.86. The van der Waals surface area contributed by atoms with Crippen LogP contribution in [-0.4, -0.2) is 23.8 Å². The molecule has 1 fully saturated rings. The predicted molar refractivity (Wildman–Crippen MR) is 31.2 cm³/mol. The lowest BCUT2D eigenvalue weighted by Crippen LogP contribution is -2.28. The van der Waals surface area contributed by atoms with Gasteiger partial charge >= 0.3 is 0 Å². The lowest BCUT2D eigenvalue weighted by molar-refractivity contribution is -0.121. The molecule has 0 aromatic heterocycles. The summed E-state index contributed by atoms with van der Waals surface area (Å²) in [5.41, 5.74) is 0. The number of nitrogens with zero attached hydrogens (tertiary/aromatic N) is 1. The van der Waals surface area contributed by atoms with Gasteiger partial charge in [-0.15, -0.1) is 0 Å². The van der Waals surface area contributed by atoms with Crippen LogP contribution in [0.25, 0.3) is 0 Å². The molecular formula is C6H10NO-. The van der Waals surface area contributed by atoms with Gasteiger partial charge in [-0.2, -0.15) is 0 Å². The molecule has 0 aliphatic carbocycles.